The average molecular weight is 367 g/mol. The second kappa shape index (κ2) is 7.19. The highest BCUT2D eigenvalue weighted by Crippen LogP contribution is 2.45. The van der Waals surface area contributed by atoms with Crippen LogP contribution in [0.15, 0.2) is 91.0 Å². The number of hydrogen-bond acceptors (Lipinski definition) is 1. The highest BCUT2D eigenvalue weighted by molar-refractivity contribution is 8.22. The van der Waals surface area contributed by atoms with Crippen molar-refractivity contribution in [1.82, 2.24) is 0 Å². The zero-order chi connectivity index (χ0) is 17.0. The van der Waals surface area contributed by atoms with Crippen molar-refractivity contribution in [1.29, 1.82) is 0 Å². The standard InChI is InChI=1S/C21H23PSSi/c1-24(2,21-16-10-5-11-17-21)18-22(23,19-12-6-3-7-13-19)20-14-8-4-9-15-20/h3-17H,18H2,1-2H3. The van der Waals surface area contributed by atoms with E-state index >= 15 is 0 Å². The predicted octanol–water partition coefficient (Wildman–Crippen LogP) is 4.27. The minimum Gasteiger partial charge on any atom is -0.0879 e. The molecule has 0 aromatic heterocycles. The Kier molecular flexibility index (Phi) is 5.20. The molecule has 0 aliphatic heterocycles. The Balaban J connectivity index is 2.09. The molecule has 0 heterocycles. The van der Waals surface area contributed by atoms with Gasteiger partial charge in [0.1, 0.15) is 0 Å². The summed E-state index contributed by atoms with van der Waals surface area (Å²) in [4.78, 5) is 0. The van der Waals surface area contributed by atoms with E-state index in [-0.39, 0.29) is 0 Å². The molecule has 0 radical (unpaired) electrons. The summed E-state index contributed by atoms with van der Waals surface area (Å²) in [6.45, 7) is 4.91. The molecule has 0 nitrogen and oxygen atoms in total. The van der Waals surface area contributed by atoms with Crippen LogP contribution < -0.4 is 15.8 Å². The van der Waals surface area contributed by atoms with Crippen LogP contribution in [0.25, 0.3) is 0 Å². The molecule has 3 rings (SSSR count). The molecule has 0 unspecified atom stereocenters. The molecule has 0 fully saturated rings. The van der Waals surface area contributed by atoms with Gasteiger partial charge in [-0.15, -0.1) is 0 Å². The van der Waals surface area contributed by atoms with E-state index in [1.54, 1.807) is 0 Å². The van der Waals surface area contributed by atoms with Crippen molar-refractivity contribution < 1.29 is 0 Å². The van der Waals surface area contributed by atoms with Crippen LogP contribution in [0.5, 0.6) is 0 Å². The summed E-state index contributed by atoms with van der Waals surface area (Å²) in [6, 6.07) is 30.7. The fourth-order valence-corrected chi connectivity index (χ4v) is 16.2. The molecule has 3 aromatic carbocycles. The monoisotopic (exact) mass is 366 g/mol. The van der Waals surface area contributed by atoms with E-state index in [0.29, 0.717) is 0 Å². The van der Waals surface area contributed by atoms with E-state index in [1.165, 1.54) is 15.8 Å². The summed E-state index contributed by atoms with van der Waals surface area (Å²) in [6.07, 6.45) is 0. The Morgan fingerprint density at radius 1 is 0.667 bits per heavy atom. The topological polar surface area (TPSA) is 0 Å². The first-order chi connectivity index (χ1) is 11.5. The van der Waals surface area contributed by atoms with Crippen molar-refractivity contribution >= 4 is 41.7 Å². The summed E-state index contributed by atoms with van der Waals surface area (Å²) < 4.78 is 0. The van der Waals surface area contributed by atoms with Gasteiger partial charge in [-0.1, -0.05) is 121 Å². The van der Waals surface area contributed by atoms with Gasteiger partial charge in [0.15, 0.2) is 0 Å². The second-order valence-corrected chi connectivity index (χ2v) is 16.8. The van der Waals surface area contributed by atoms with Gasteiger partial charge in [-0.25, -0.2) is 0 Å². The van der Waals surface area contributed by atoms with Crippen molar-refractivity contribution in [2.24, 2.45) is 0 Å². The van der Waals surface area contributed by atoms with E-state index in [4.69, 9.17) is 11.8 Å². The third-order valence-electron chi connectivity index (χ3n) is 4.52. The first-order valence-corrected chi connectivity index (χ1v) is 14.5. The van der Waals surface area contributed by atoms with Crippen LogP contribution in [-0.4, -0.2) is 13.9 Å². The van der Waals surface area contributed by atoms with Gasteiger partial charge in [0.05, 0.1) is 8.07 Å². The van der Waals surface area contributed by atoms with Crippen molar-refractivity contribution in [3.05, 3.63) is 91.0 Å². The fourth-order valence-electron chi connectivity index (χ4n) is 3.21. The van der Waals surface area contributed by atoms with Crippen LogP contribution in [0, 0.1) is 0 Å². The maximum Gasteiger partial charge on any atom is 0.0861 e. The van der Waals surface area contributed by atoms with Crippen LogP contribution in [0.4, 0.5) is 0 Å². The maximum absolute atomic E-state index is 6.43. The third-order valence-corrected chi connectivity index (χ3v) is 16.1. The molecule has 122 valence electrons. The highest BCUT2D eigenvalue weighted by Gasteiger charge is 2.33. The minimum absolute atomic E-state index is 1.12. The quantitative estimate of drug-likeness (QED) is 0.480. The normalized spacial score (nSPS) is 12.1. The van der Waals surface area contributed by atoms with Gasteiger partial charge >= 0.3 is 0 Å². The number of hydrogen-bond donors (Lipinski definition) is 0. The van der Waals surface area contributed by atoms with Crippen LogP contribution in [0.1, 0.15) is 0 Å². The van der Waals surface area contributed by atoms with Crippen molar-refractivity contribution in [2.45, 2.75) is 13.1 Å². The van der Waals surface area contributed by atoms with Crippen molar-refractivity contribution in [2.75, 3.05) is 5.79 Å². The second-order valence-electron chi connectivity index (χ2n) is 6.82. The molecule has 0 atom stereocenters. The Hall–Kier alpha value is -1.47. The smallest absolute Gasteiger partial charge is 0.0861 e. The lowest BCUT2D eigenvalue weighted by Gasteiger charge is -2.32. The number of benzene rings is 3. The molecule has 0 amide bonds. The first kappa shape index (κ1) is 17.4. The molecule has 0 bridgehead atoms. The van der Waals surface area contributed by atoms with Gasteiger partial charge in [0, 0.05) is 6.04 Å². The zero-order valence-corrected chi connectivity index (χ0v) is 16.9. The first-order valence-electron chi connectivity index (χ1n) is 8.28. The molecule has 3 aromatic rings. The van der Waals surface area contributed by atoms with Crippen LogP contribution in [0.2, 0.25) is 13.1 Å². The molecule has 0 aliphatic carbocycles. The summed E-state index contributed by atoms with van der Waals surface area (Å²) in [5.41, 5.74) is 0. The third kappa shape index (κ3) is 3.62. The summed E-state index contributed by atoms with van der Waals surface area (Å²) in [7, 11) is -1.64. The molecule has 0 spiro atoms. The van der Waals surface area contributed by atoms with E-state index in [1.807, 2.05) is 0 Å². The summed E-state index contributed by atoms with van der Waals surface area (Å²) in [5.74, 6) is 1.12. The van der Waals surface area contributed by atoms with Crippen LogP contribution >= 0.6 is 6.04 Å². The van der Waals surface area contributed by atoms with E-state index < -0.39 is 14.1 Å². The molecule has 3 heteroatoms. The van der Waals surface area contributed by atoms with E-state index in [0.717, 1.165) is 5.79 Å². The molecule has 0 saturated carbocycles. The SMILES string of the molecule is C[Si](C)(CP(=S)(c1ccccc1)c1ccccc1)c1ccccc1. The van der Waals surface area contributed by atoms with Crippen molar-refractivity contribution in [3.8, 4) is 0 Å². The van der Waals surface area contributed by atoms with Gasteiger partial charge in [-0.3, -0.25) is 0 Å². The fraction of sp³-hybridized carbons (Fsp3) is 0.143. The van der Waals surface area contributed by atoms with Gasteiger partial charge in [-0.2, -0.15) is 0 Å². The Morgan fingerprint density at radius 3 is 1.46 bits per heavy atom. The molecule has 0 aliphatic rings. The minimum atomic E-state index is -1.82. The van der Waals surface area contributed by atoms with Gasteiger partial charge in [0.25, 0.3) is 0 Å². The highest BCUT2D eigenvalue weighted by atomic mass is 32.4. The van der Waals surface area contributed by atoms with E-state index in [9.17, 15) is 0 Å². The maximum atomic E-state index is 6.43. The summed E-state index contributed by atoms with van der Waals surface area (Å²) in [5, 5.41) is 4.16. The molecule has 0 saturated heterocycles. The van der Waals surface area contributed by atoms with Gasteiger partial charge < -0.3 is 0 Å². The lowest BCUT2D eigenvalue weighted by molar-refractivity contribution is 1.65. The zero-order valence-electron chi connectivity index (χ0n) is 14.2. The predicted molar refractivity (Wildman–Crippen MR) is 115 cm³/mol. The van der Waals surface area contributed by atoms with Crippen LogP contribution in [-0.2, 0) is 11.8 Å². The molecular formula is C21H23PSSi. The molecule has 24 heavy (non-hydrogen) atoms. The largest absolute Gasteiger partial charge is 0.0879 e. The Morgan fingerprint density at radius 2 is 1.04 bits per heavy atom. The van der Waals surface area contributed by atoms with E-state index in [2.05, 4.69) is 104 Å². The Labute approximate surface area is 151 Å². The van der Waals surface area contributed by atoms with Gasteiger partial charge in [-0.05, 0) is 16.4 Å². The van der Waals surface area contributed by atoms with Gasteiger partial charge in [0.2, 0.25) is 0 Å². The molecular weight excluding hydrogens is 343 g/mol. The molecule has 0 N–H and O–H groups in total. The van der Waals surface area contributed by atoms with Crippen LogP contribution in [0.3, 0.4) is 0 Å². The lowest BCUT2D eigenvalue weighted by Crippen LogP contribution is -2.47. The average Bonchev–Trinajstić information content (AvgIpc) is 2.63. The summed E-state index contributed by atoms with van der Waals surface area (Å²) >= 11 is 6.43. The lowest BCUT2D eigenvalue weighted by atomic mass is 10.4. The Bertz CT molecular complexity index is 786. The van der Waals surface area contributed by atoms with Crippen molar-refractivity contribution in [3.63, 3.8) is 0 Å². The number of rotatable bonds is 5.